The van der Waals surface area contributed by atoms with E-state index in [0.29, 0.717) is 17.9 Å². The minimum Gasteiger partial charge on any atom is -0.512 e. The Kier molecular flexibility index (Phi) is 26.4. The van der Waals surface area contributed by atoms with E-state index >= 15 is 0 Å². The van der Waals surface area contributed by atoms with Gasteiger partial charge >= 0.3 is 55.7 Å². The van der Waals surface area contributed by atoms with Crippen molar-refractivity contribution >= 4 is 76.7 Å². The van der Waals surface area contributed by atoms with Gasteiger partial charge in [0.05, 0.1) is 23.1 Å². The number of nitrogens with one attached hydrogen (secondary N) is 2. The van der Waals surface area contributed by atoms with Crippen molar-refractivity contribution in [3.8, 4) is 0 Å². The summed E-state index contributed by atoms with van der Waals surface area (Å²) in [6.07, 6.45) is 3.70. The van der Waals surface area contributed by atoms with Gasteiger partial charge in [-0.15, -0.1) is 6.58 Å². The molecular formula is C24H35B3N4NaO12S2. The van der Waals surface area contributed by atoms with Crippen molar-refractivity contribution < 1.29 is 86.3 Å². The van der Waals surface area contributed by atoms with Crippen molar-refractivity contribution in [1.82, 2.24) is 4.72 Å². The molecule has 46 heavy (non-hydrogen) atoms. The van der Waals surface area contributed by atoms with Gasteiger partial charge in [0.15, 0.2) is 0 Å². The van der Waals surface area contributed by atoms with Gasteiger partial charge in [-0.1, -0.05) is 6.08 Å². The standard InChI is InChI=1S/C11H16BNO6S.C8H10BNO4.C4H9NO2S.CN.B.Na/c1-13(3-4-20(2,18)19)10-6-8(11(14)15)5-9(7-10)12(16)17;1-10-7-3-5(8(11)12)2-6(4-7)9(13)14;1-3-4-5-8(2,6)7;1-2;;/h5-7,16-17H,3-4H2,1-2H3,(H,14,15);2-4,10,13-14H,1H3,(H,11,12);3,5H,1,4H2,2H3;;;/q;;;-1;;+1. The molecule has 0 saturated carbocycles. The number of nitrogens with zero attached hydrogens (tertiary/aromatic N) is 2. The summed E-state index contributed by atoms with van der Waals surface area (Å²) in [4.78, 5) is 23.2. The van der Waals surface area contributed by atoms with E-state index in [1.165, 1.54) is 36.4 Å². The molecule has 2 aromatic rings. The van der Waals surface area contributed by atoms with Gasteiger partial charge in [0.1, 0.15) is 9.84 Å². The summed E-state index contributed by atoms with van der Waals surface area (Å²) in [5.74, 6) is -2.40. The molecule has 0 atom stereocenters. The Morgan fingerprint density at radius 2 is 1.35 bits per heavy atom. The maximum absolute atomic E-state index is 11.1. The number of anilines is 2. The molecule has 0 heterocycles. The van der Waals surface area contributed by atoms with Crippen LogP contribution >= 0.6 is 0 Å². The molecule has 8 N–H and O–H groups in total. The predicted molar refractivity (Wildman–Crippen MR) is 173 cm³/mol. The fraction of sp³-hybridized carbons (Fsp3) is 0.292. The fourth-order valence-electron chi connectivity index (χ4n) is 2.84. The molecule has 0 aliphatic heterocycles. The molecule has 2 rings (SSSR count). The van der Waals surface area contributed by atoms with Crippen molar-refractivity contribution in [3.63, 3.8) is 0 Å². The van der Waals surface area contributed by atoms with Crippen molar-refractivity contribution in [1.29, 1.82) is 5.26 Å². The summed E-state index contributed by atoms with van der Waals surface area (Å²) in [7, 11) is -6.39. The number of carboxylic acid groups (broad SMARTS) is 2. The average molecular weight is 691 g/mol. The molecule has 245 valence electrons. The summed E-state index contributed by atoms with van der Waals surface area (Å²) >= 11 is 0. The number of hydrogen-bond acceptors (Lipinski definition) is 13. The van der Waals surface area contributed by atoms with Gasteiger partial charge in [-0.2, -0.15) is 0 Å². The van der Waals surface area contributed by atoms with Gasteiger partial charge in [0, 0.05) is 53.2 Å². The van der Waals surface area contributed by atoms with E-state index in [0.717, 1.165) is 18.6 Å². The van der Waals surface area contributed by atoms with Crippen LogP contribution in [0.2, 0.25) is 0 Å². The number of aromatic carboxylic acids is 2. The zero-order valence-corrected chi connectivity index (χ0v) is 29.6. The van der Waals surface area contributed by atoms with Crippen LogP contribution in [-0.4, -0.2) is 127 Å². The van der Waals surface area contributed by atoms with Crippen LogP contribution in [0.15, 0.2) is 49.1 Å². The Hall–Kier alpha value is -2.90. The van der Waals surface area contributed by atoms with Crippen LogP contribution < -0.4 is 55.4 Å². The normalized spacial score (nSPS) is 9.78. The summed E-state index contributed by atoms with van der Waals surface area (Å²) < 4.78 is 44.9. The number of carbonyl (C=O) groups is 2. The minimum atomic E-state index is -3.14. The maximum Gasteiger partial charge on any atom is 1.00 e. The molecule has 0 aliphatic carbocycles. The van der Waals surface area contributed by atoms with Gasteiger partial charge in [0.2, 0.25) is 10.0 Å². The van der Waals surface area contributed by atoms with Gasteiger partial charge in [-0.3, -0.25) is 0 Å². The van der Waals surface area contributed by atoms with Crippen LogP contribution in [0.3, 0.4) is 0 Å². The molecule has 0 fully saturated rings. The summed E-state index contributed by atoms with van der Waals surface area (Å²) in [6, 6.07) is 8.00. The monoisotopic (exact) mass is 691 g/mol. The first kappa shape index (κ1) is 50.0. The minimum absolute atomic E-state index is 0. The zero-order valence-electron chi connectivity index (χ0n) is 25.9. The third kappa shape index (κ3) is 22.6. The molecule has 0 aliphatic rings. The summed E-state index contributed by atoms with van der Waals surface area (Å²) in [5, 5.41) is 62.7. The Labute approximate surface area is 293 Å². The first-order valence-electron chi connectivity index (χ1n) is 12.0. The van der Waals surface area contributed by atoms with E-state index < -0.39 is 46.0 Å². The van der Waals surface area contributed by atoms with Gasteiger partial charge in [-0.25, -0.2) is 31.1 Å². The first-order valence-corrected chi connectivity index (χ1v) is 16.0. The molecule has 2 aromatic carbocycles. The van der Waals surface area contributed by atoms with E-state index in [4.69, 9.17) is 42.1 Å². The smallest absolute Gasteiger partial charge is 0.512 e. The number of benzene rings is 2. The van der Waals surface area contributed by atoms with E-state index in [-0.39, 0.29) is 72.3 Å². The molecule has 0 aromatic heterocycles. The van der Waals surface area contributed by atoms with Crippen molar-refractivity contribution in [2.45, 2.75) is 0 Å². The third-order valence-corrected chi connectivity index (χ3v) is 6.62. The molecular weight excluding hydrogens is 656 g/mol. The predicted octanol–water partition coefficient (Wildman–Crippen LogP) is -5.91. The van der Waals surface area contributed by atoms with Crippen LogP contribution in [0.25, 0.3) is 0 Å². The Morgan fingerprint density at radius 1 is 0.913 bits per heavy atom. The molecule has 0 bridgehead atoms. The zero-order chi connectivity index (χ0) is 34.8. The van der Waals surface area contributed by atoms with Crippen molar-refractivity contribution in [2.75, 3.05) is 55.7 Å². The Balaban J connectivity index is -0.000000297. The van der Waals surface area contributed by atoms with Crippen LogP contribution in [0, 0.1) is 11.8 Å². The number of sulfone groups is 1. The SMILES string of the molecule is C=CCNS(C)(=O)=O.CN(CCS(C)(=O)=O)c1cc(B(O)O)cc(C(=O)O)c1.CNc1cc(B(O)O)cc(C(=O)O)c1.[B].[C-]#N.[Na+]. The topological polar surface area (TPSA) is 275 Å². The molecule has 0 amide bonds. The number of hydrogen-bond donors (Lipinski definition) is 8. The fourth-order valence-corrected chi connectivity index (χ4v) is 3.86. The quantitative estimate of drug-likeness (QED) is 0.0585. The second-order valence-electron chi connectivity index (χ2n) is 8.73. The number of carboxylic acids is 2. The maximum atomic E-state index is 11.1. The third-order valence-electron chi connectivity index (χ3n) is 5.00. The van der Waals surface area contributed by atoms with Crippen LogP contribution in [0.1, 0.15) is 20.7 Å². The number of rotatable bonds is 12. The summed E-state index contributed by atoms with van der Waals surface area (Å²) in [6.45, 7) is 8.56. The average Bonchev–Trinajstić information content (AvgIpc) is 2.95. The summed E-state index contributed by atoms with van der Waals surface area (Å²) in [5.41, 5.74) is 1.02. The van der Waals surface area contributed by atoms with Crippen LogP contribution in [0.5, 0.6) is 0 Å². The first-order chi connectivity index (χ1) is 20.2. The molecule has 3 radical (unpaired) electrons. The van der Waals surface area contributed by atoms with Crippen LogP contribution in [0.4, 0.5) is 11.4 Å². The second-order valence-corrected chi connectivity index (χ2v) is 12.8. The Bertz CT molecular complexity index is 1500. The molecule has 0 saturated heterocycles. The molecule has 16 nitrogen and oxygen atoms in total. The largest absolute Gasteiger partial charge is 1.00 e. The Morgan fingerprint density at radius 3 is 1.67 bits per heavy atom. The van der Waals surface area contributed by atoms with E-state index in [1.54, 1.807) is 19.0 Å². The van der Waals surface area contributed by atoms with Gasteiger partial charge in [-0.05, 0) is 47.3 Å². The van der Waals surface area contributed by atoms with Crippen LogP contribution in [-0.2, 0) is 19.9 Å². The van der Waals surface area contributed by atoms with Crippen molar-refractivity contribution in [3.05, 3.63) is 66.8 Å². The van der Waals surface area contributed by atoms with E-state index in [2.05, 4.69) is 16.6 Å². The second kappa shape index (κ2) is 24.3. The van der Waals surface area contributed by atoms with Gasteiger partial charge in [0.25, 0.3) is 0 Å². The van der Waals surface area contributed by atoms with Gasteiger partial charge < -0.3 is 52.4 Å². The van der Waals surface area contributed by atoms with E-state index in [1.807, 2.05) is 0 Å². The molecule has 22 heteroatoms. The molecule has 0 spiro atoms. The van der Waals surface area contributed by atoms with Crippen molar-refractivity contribution in [2.24, 2.45) is 0 Å². The molecule has 0 unspecified atom stereocenters. The number of sulfonamides is 1. The van der Waals surface area contributed by atoms with E-state index in [9.17, 15) is 26.4 Å².